The number of pyridine rings is 1. The molecule has 0 aliphatic heterocycles. The van der Waals surface area contributed by atoms with Crippen molar-refractivity contribution in [3.8, 4) is 0 Å². The van der Waals surface area contributed by atoms with Crippen LogP contribution >= 0.6 is 0 Å². The van der Waals surface area contributed by atoms with Gasteiger partial charge in [0.05, 0.1) is 11.4 Å². The molecule has 162 valence electrons. The van der Waals surface area contributed by atoms with Gasteiger partial charge in [0.2, 0.25) is 10.0 Å². The third kappa shape index (κ3) is 4.90. The minimum Gasteiger partial charge on any atom is -0.306 e. The molecule has 0 spiro atoms. The summed E-state index contributed by atoms with van der Waals surface area (Å²) < 4.78 is 28.0. The summed E-state index contributed by atoms with van der Waals surface area (Å²) in [5, 5.41) is 0. The molecule has 2 aromatic rings. The van der Waals surface area contributed by atoms with Crippen molar-refractivity contribution in [3.05, 3.63) is 64.1 Å². The largest absolute Gasteiger partial charge is 0.306 e. The Kier molecular flexibility index (Phi) is 7.26. The maximum absolute atomic E-state index is 12.7. The van der Waals surface area contributed by atoms with E-state index in [1.807, 2.05) is 24.3 Å². The monoisotopic (exact) mass is 430 g/mol. The van der Waals surface area contributed by atoms with E-state index in [9.17, 15) is 18.0 Å². The maximum Gasteiger partial charge on any atom is 0.251 e. The second kappa shape index (κ2) is 9.71. The number of hydrogen-bond acceptors (Lipinski definition) is 4. The molecule has 0 atom stereocenters. The van der Waals surface area contributed by atoms with Gasteiger partial charge in [0.1, 0.15) is 0 Å². The first kappa shape index (κ1) is 22.4. The van der Waals surface area contributed by atoms with E-state index >= 15 is 0 Å². The van der Waals surface area contributed by atoms with E-state index in [-0.39, 0.29) is 17.2 Å². The molecule has 0 radical (unpaired) electrons. The highest BCUT2D eigenvalue weighted by molar-refractivity contribution is 7.89. The average molecular weight is 431 g/mol. The number of carbonyl (C=O) groups excluding carboxylic acids is 1. The van der Waals surface area contributed by atoms with Crippen molar-refractivity contribution in [2.45, 2.75) is 63.3 Å². The summed E-state index contributed by atoms with van der Waals surface area (Å²) in [5.74, 6) is 0.345. The Labute approximate surface area is 178 Å². The lowest BCUT2D eigenvalue weighted by Crippen LogP contribution is -2.32. The van der Waals surface area contributed by atoms with Gasteiger partial charge >= 0.3 is 0 Å². The number of Topliss-reactive ketones (excluding diaryl/α,β-unsaturated/α-hetero) is 1. The van der Waals surface area contributed by atoms with Crippen molar-refractivity contribution in [1.29, 1.82) is 0 Å². The van der Waals surface area contributed by atoms with E-state index in [1.165, 1.54) is 64.9 Å². The van der Waals surface area contributed by atoms with Crippen LogP contribution in [0.1, 0.15) is 67.8 Å². The summed E-state index contributed by atoms with van der Waals surface area (Å²) in [5.41, 5.74) is 1.38. The van der Waals surface area contributed by atoms with Crippen LogP contribution in [0.4, 0.5) is 0 Å². The minimum absolute atomic E-state index is 0.0197. The number of sulfonamides is 1. The maximum atomic E-state index is 12.7. The topological polar surface area (TPSA) is 76.5 Å². The van der Waals surface area contributed by atoms with Crippen molar-refractivity contribution in [2.75, 3.05) is 13.1 Å². The van der Waals surface area contributed by atoms with Crippen LogP contribution in [0.2, 0.25) is 0 Å². The molecule has 1 aromatic heterocycles. The predicted octanol–water partition coefficient (Wildman–Crippen LogP) is 3.81. The molecule has 1 aliphatic rings. The van der Waals surface area contributed by atoms with Crippen molar-refractivity contribution >= 4 is 15.8 Å². The van der Waals surface area contributed by atoms with Crippen LogP contribution < -0.4 is 5.56 Å². The molecule has 30 heavy (non-hydrogen) atoms. The Morgan fingerprint density at radius 2 is 1.63 bits per heavy atom. The molecule has 1 aromatic carbocycles. The quantitative estimate of drug-likeness (QED) is 0.597. The highest BCUT2D eigenvalue weighted by Crippen LogP contribution is 2.32. The van der Waals surface area contributed by atoms with Gasteiger partial charge in [-0.2, -0.15) is 4.31 Å². The fraction of sp³-hybridized carbons (Fsp3) is 0.478. The first-order valence-corrected chi connectivity index (χ1v) is 12.1. The van der Waals surface area contributed by atoms with Crippen LogP contribution in [-0.2, 0) is 16.6 Å². The fourth-order valence-electron chi connectivity index (χ4n) is 4.12. The van der Waals surface area contributed by atoms with Gasteiger partial charge < -0.3 is 4.57 Å². The summed E-state index contributed by atoms with van der Waals surface area (Å²) in [6.45, 7) is 4.01. The molecule has 0 amide bonds. The second-order valence-corrected chi connectivity index (χ2v) is 9.74. The molecular weight excluding hydrogens is 400 g/mol. The average Bonchev–Trinajstić information content (AvgIpc) is 2.76. The first-order valence-electron chi connectivity index (χ1n) is 10.7. The Hall–Kier alpha value is -2.25. The van der Waals surface area contributed by atoms with E-state index < -0.39 is 15.6 Å². The van der Waals surface area contributed by atoms with Crippen molar-refractivity contribution in [1.82, 2.24) is 8.87 Å². The van der Waals surface area contributed by atoms with Gasteiger partial charge in [-0.25, -0.2) is 8.42 Å². The molecule has 0 unspecified atom stereocenters. The summed E-state index contributed by atoms with van der Waals surface area (Å²) in [7, 11) is -3.70. The highest BCUT2D eigenvalue weighted by atomic mass is 32.2. The van der Waals surface area contributed by atoms with E-state index in [0.717, 1.165) is 0 Å². The molecule has 1 aliphatic carbocycles. The SMILES string of the molecule is CCN(CC)S(=O)(=O)c1ccc(=O)n(CC(=O)c2ccc(C3CCCCC3)cc2)c1. The van der Waals surface area contributed by atoms with E-state index in [4.69, 9.17) is 0 Å². The number of aromatic nitrogens is 1. The normalized spacial score (nSPS) is 15.4. The zero-order chi connectivity index (χ0) is 21.7. The zero-order valence-electron chi connectivity index (χ0n) is 17.7. The van der Waals surface area contributed by atoms with Crippen LogP contribution in [0.3, 0.4) is 0 Å². The minimum atomic E-state index is -3.70. The Morgan fingerprint density at radius 3 is 2.23 bits per heavy atom. The molecule has 0 bridgehead atoms. The molecule has 3 rings (SSSR count). The lowest BCUT2D eigenvalue weighted by molar-refractivity contribution is 0.0970. The van der Waals surface area contributed by atoms with Crippen molar-refractivity contribution in [3.63, 3.8) is 0 Å². The fourth-order valence-corrected chi connectivity index (χ4v) is 5.60. The summed E-state index contributed by atoms with van der Waals surface area (Å²) in [4.78, 5) is 25.0. The number of ketones is 1. The summed E-state index contributed by atoms with van der Waals surface area (Å²) >= 11 is 0. The summed E-state index contributed by atoms with van der Waals surface area (Å²) in [6.07, 6.45) is 7.45. The molecule has 6 nitrogen and oxygen atoms in total. The number of carbonyl (C=O) groups is 1. The smallest absolute Gasteiger partial charge is 0.251 e. The molecule has 1 heterocycles. The summed E-state index contributed by atoms with van der Waals surface area (Å²) in [6, 6.07) is 10.1. The molecule has 1 fully saturated rings. The number of rotatable bonds is 8. The molecule has 1 saturated carbocycles. The van der Waals surface area contributed by atoms with Gasteiger partial charge in [-0.15, -0.1) is 0 Å². The van der Waals surface area contributed by atoms with E-state index in [1.54, 1.807) is 13.8 Å². The predicted molar refractivity (Wildman–Crippen MR) is 117 cm³/mol. The van der Waals surface area contributed by atoms with Gasteiger partial charge in [-0.1, -0.05) is 57.4 Å². The van der Waals surface area contributed by atoms with Crippen molar-refractivity contribution in [2.24, 2.45) is 0 Å². The number of hydrogen-bond donors (Lipinski definition) is 0. The Morgan fingerprint density at radius 1 is 1.00 bits per heavy atom. The third-order valence-corrected chi connectivity index (χ3v) is 7.96. The number of nitrogens with zero attached hydrogens (tertiary/aromatic N) is 2. The third-order valence-electron chi connectivity index (χ3n) is 5.92. The van der Waals surface area contributed by atoms with Gasteiger partial charge in [-0.05, 0) is 30.4 Å². The standard InChI is InChI=1S/C23H30N2O4S/c1-3-25(4-2)30(28,29)21-14-15-23(27)24(16-21)17-22(26)20-12-10-19(11-13-20)18-8-6-5-7-9-18/h10-16,18H,3-9,17H2,1-2H3. The van der Waals surface area contributed by atoms with Crippen LogP contribution in [0.15, 0.2) is 52.3 Å². The Bertz CT molecular complexity index is 1030. The van der Waals surface area contributed by atoms with Gasteiger partial charge in [0, 0.05) is 30.9 Å². The van der Waals surface area contributed by atoms with Gasteiger partial charge in [0.25, 0.3) is 5.56 Å². The molecular formula is C23H30N2O4S. The zero-order valence-corrected chi connectivity index (χ0v) is 18.5. The van der Waals surface area contributed by atoms with Crippen LogP contribution in [0, 0.1) is 0 Å². The highest BCUT2D eigenvalue weighted by Gasteiger charge is 2.23. The lowest BCUT2D eigenvalue weighted by Gasteiger charge is -2.22. The molecule has 0 saturated heterocycles. The molecule has 0 N–H and O–H groups in total. The Balaban J connectivity index is 1.79. The van der Waals surface area contributed by atoms with Crippen LogP contribution in [0.5, 0.6) is 0 Å². The van der Waals surface area contributed by atoms with Crippen LogP contribution in [0.25, 0.3) is 0 Å². The first-order chi connectivity index (χ1) is 14.4. The second-order valence-electron chi connectivity index (χ2n) is 7.80. The van der Waals surface area contributed by atoms with Crippen molar-refractivity contribution < 1.29 is 13.2 Å². The lowest BCUT2D eigenvalue weighted by atomic mass is 9.84. The van der Waals surface area contributed by atoms with Gasteiger partial charge in [-0.3, -0.25) is 9.59 Å². The van der Waals surface area contributed by atoms with Gasteiger partial charge in [0.15, 0.2) is 5.78 Å². The van der Waals surface area contributed by atoms with E-state index in [2.05, 4.69) is 0 Å². The molecule has 7 heteroatoms. The van der Waals surface area contributed by atoms with E-state index in [0.29, 0.717) is 24.6 Å². The van der Waals surface area contributed by atoms with Crippen LogP contribution in [-0.4, -0.2) is 36.2 Å². The number of benzene rings is 1.